The van der Waals surface area contributed by atoms with Crippen LogP contribution in [0.25, 0.3) is 10.8 Å². The molecule has 140 valence electrons. The molecule has 0 unspecified atom stereocenters. The first-order chi connectivity index (χ1) is 13.8. The summed E-state index contributed by atoms with van der Waals surface area (Å²) in [5.41, 5.74) is 2.08. The summed E-state index contributed by atoms with van der Waals surface area (Å²) in [6.45, 7) is 1.15. The molecule has 0 radical (unpaired) electrons. The second-order valence-corrected chi connectivity index (χ2v) is 6.82. The first kappa shape index (κ1) is 18.0. The zero-order chi connectivity index (χ0) is 19.3. The average Bonchev–Trinajstić information content (AvgIpc) is 2.74. The fraction of sp³-hybridized carbons (Fsp3) is 0.217. The molecule has 0 N–H and O–H groups in total. The molecule has 3 aromatic rings. The predicted octanol–water partition coefficient (Wildman–Crippen LogP) is 4.12. The van der Waals surface area contributed by atoms with Crippen molar-refractivity contribution in [2.75, 3.05) is 13.1 Å². The number of benzene rings is 2. The number of aliphatic imine (C=N–C) groups is 1. The summed E-state index contributed by atoms with van der Waals surface area (Å²) in [7, 11) is 0. The maximum Gasteiger partial charge on any atom is 0.261 e. The Bertz CT molecular complexity index is 993. The van der Waals surface area contributed by atoms with Crippen LogP contribution in [-0.2, 0) is 0 Å². The van der Waals surface area contributed by atoms with Gasteiger partial charge < -0.3 is 0 Å². The number of imide groups is 1. The van der Waals surface area contributed by atoms with Gasteiger partial charge in [-0.25, -0.2) is 0 Å². The van der Waals surface area contributed by atoms with E-state index in [2.05, 4.69) is 9.98 Å². The molecule has 5 nitrogen and oxygen atoms in total. The van der Waals surface area contributed by atoms with Gasteiger partial charge in [0.15, 0.2) is 0 Å². The smallest absolute Gasteiger partial charge is 0.261 e. The van der Waals surface area contributed by atoms with E-state index in [1.165, 1.54) is 4.90 Å². The first-order valence-electron chi connectivity index (χ1n) is 9.54. The van der Waals surface area contributed by atoms with Crippen molar-refractivity contribution in [1.29, 1.82) is 0 Å². The number of aromatic nitrogens is 1. The molecule has 1 aliphatic heterocycles. The highest BCUT2D eigenvalue weighted by Gasteiger charge is 2.31. The SMILES string of the molecule is O=C1c2cccc3cccc(c23)C(=O)N1CCCCCN=Cc1ccccn1. The molecular weight excluding hydrogens is 350 g/mol. The summed E-state index contributed by atoms with van der Waals surface area (Å²) in [6, 6.07) is 16.9. The molecule has 5 heteroatoms. The Hall–Kier alpha value is -3.34. The number of carbonyl (C=O) groups is 2. The third-order valence-corrected chi connectivity index (χ3v) is 4.94. The van der Waals surface area contributed by atoms with E-state index in [4.69, 9.17) is 0 Å². The standard InChI is InChI=1S/C23H21N3O2/c27-22-19-11-6-8-17-9-7-12-20(21(17)19)23(28)26(22)15-5-1-3-13-24-16-18-10-2-4-14-25-18/h2,4,6-12,14,16H,1,3,5,13,15H2. The lowest BCUT2D eigenvalue weighted by Crippen LogP contribution is -2.40. The van der Waals surface area contributed by atoms with Gasteiger partial charge in [0.1, 0.15) is 0 Å². The van der Waals surface area contributed by atoms with Gasteiger partial charge in [-0.15, -0.1) is 0 Å². The van der Waals surface area contributed by atoms with Crippen molar-refractivity contribution in [2.24, 2.45) is 4.99 Å². The van der Waals surface area contributed by atoms with Crippen molar-refractivity contribution < 1.29 is 9.59 Å². The Balaban J connectivity index is 1.33. The van der Waals surface area contributed by atoms with Crippen LogP contribution in [0.15, 0.2) is 65.8 Å². The zero-order valence-corrected chi connectivity index (χ0v) is 15.5. The van der Waals surface area contributed by atoms with Gasteiger partial charge in [-0.05, 0) is 48.9 Å². The number of unbranched alkanes of at least 4 members (excludes halogenated alkanes) is 2. The lowest BCUT2D eigenvalue weighted by Gasteiger charge is -2.27. The molecule has 2 aromatic carbocycles. The summed E-state index contributed by atoms with van der Waals surface area (Å²) in [5.74, 6) is -0.384. The van der Waals surface area contributed by atoms with Crippen LogP contribution in [0.3, 0.4) is 0 Å². The van der Waals surface area contributed by atoms with E-state index in [-0.39, 0.29) is 11.8 Å². The lowest BCUT2D eigenvalue weighted by molar-refractivity contribution is 0.0608. The van der Waals surface area contributed by atoms with Crippen LogP contribution in [-0.4, -0.2) is 41.0 Å². The summed E-state index contributed by atoms with van der Waals surface area (Å²) in [4.78, 5) is 35.6. The number of rotatable bonds is 7. The highest BCUT2D eigenvalue weighted by atomic mass is 16.2. The zero-order valence-electron chi connectivity index (χ0n) is 15.5. The van der Waals surface area contributed by atoms with Crippen LogP contribution < -0.4 is 0 Å². The first-order valence-corrected chi connectivity index (χ1v) is 9.54. The third kappa shape index (κ3) is 3.56. The molecule has 0 atom stereocenters. The van der Waals surface area contributed by atoms with E-state index < -0.39 is 0 Å². The predicted molar refractivity (Wildman–Crippen MR) is 110 cm³/mol. The van der Waals surface area contributed by atoms with Gasteiger partial charge in [0.05, 0.1) is 5.69 Å². The third-order valence-electron chi connectivity index (χ3n) is 4.94. The van der Waals surface area contributed by atoms with Gasteiger partial charge >= 0.3 is 0 Å². The Kier molecular flexibility index (Phi) is 5.24. The van der Waals surface area contributed by atoms with Gasteiger partial charge in [0.2, 0.25) is 0 Å². The van der Waals surface area contributed by atoms with Gasteiger partial charge in [-0.2, -0.15) is 0 Å². The van der Waals surface area contributed by atoms with Crippen LogP contribution in [0.4, 0.5) is 0 Å². The van der Waals surface area contributed by atoms with Crippen molar-refractivity contribution in [1.82, 2.24) is 9.88 Å². The highest BCUT2D eigenvalue weighted by molar-refractivity contribution is 6.25. The minimum absolute atomic E-state index is 0.192. The number of hydrogen-bond acceptors (Lipinski definition) is 4. The highest BCUT2D eigenvalue weighted by Crippen LogP contribution is 2.30. The quantitative estimate of drug-likeness (QED) is 0.356. The van der Waals surface area contributed by atoms with Crippen LogP contribution in [0, 0.1) is 0 Å². The van der Waals surface area contributed by atoms with Crippen LogP contribution in [0.5, 0.6) is 0 Å². The normalized spacial score (nSPS) is 13.6. The molecule has 2 amide bonds. The van der Waals surface area contributed by atoms with Gasteiger partial charge in [0.25, 0.3) is 11.8 Å². The molecule has 4 rings (SSSR count). The van der Waals surface area contributed by atoms with Gasteiger partial charge in [-0.1, -0.05) is 30.3 Å². The molecule has 0 fully saturated rings. The Morgan fingerprint density at radius 2 is 1.61 bits per heavy atom. The minimum atomic E-state index is -0.192. The monoisotopic (exact) mass is 371 g/mol. The van der Waals surface area contributed by atoms with Crippen molar-refractivity contribution in [3.8, 4) is 0 Å². The Morgan fingerprint density at radius 3 is 2.29 bits per heavy atom. The average molecular weight is 371 g/mol. The molecule has 0 saturated carbocycles. The number of hydrogen-bond donors (Lipinski definition) is 0. The second-order valence-electron chi connectivity index (χ2n) is 6.82. The summed E-state index contributed by atoms with van der Waals surface area (Å²) in [6.07, 6.45) is 6.10. The van der Waals surface area contributed by atoms with Crippen molar-refractivity contribution in [3.63, 3.8) is 0 Å². The fourth-order valence-electron chi connectivity index (χ4n) is 3.54. The topological polar surface area (TPSA) is 62.6 Å². The van der Waals surface area contributed by atoms with Gasteiger partial charge in [0, 0.05) is 42.0 Å². The van der Waals surface area contributed by atoms with Gasteiger partial charge in [-0.3, -0.25) is 24.5 Å². The number of amides is 2. The second kappa shape index (κ2) is 8.13. The summed E-state index contributed by atoms with van der Waals surface area (Å²) >= 11 is 0. The molecular formula is C23H21N3O2. The lowest BCUT2D eigenvalue weighted by atomic mass is 9.94. The van der Waals surface area contributed by atoms with E-state index in [1.54, 1.807) is 24.5 Å². The number of pyridine rings is 1. The molecule has 2 heterocycles. The van der Waals surface area contributed by atoms with E-state index in [9.17, 15) is 9.59 Å². The van der Waals surface area contributed by atoms with Crippen molar-refractivity contribution in [3.05, 3.63) is 77.6 Å². The van der Waals surface area contributed by atoms with E-state index in [1.807, 2.05) is 42.5 Å². The number of nitrogens with zero attached hydrogens (tertiary/aromatic N) is 3. The van der Waals surface area contributed by atoms with Crippen molar-refractivity contribution in [2.45, 2.75) is 19.3 Å². The molecule has 28 heavy (non-hydrogen) atoms. The molecule has 0 spiro atoms. The van der Waals surface area contributed by atoms with E-state index in [0.717, 1.165) is 35.7 Å². The largest absolute Gasteiger partial charge is 0.291 e. The summed E-state index contributed by atoms with van der Waals surface area (Å²) < 4.78 is 0. The maximum atomic E-state index is 12.8. The molecule has 1 aromatic heterocycles. The van der Waals surface area contributed by atoms with E-state index in [0.29, 0.717) is 24.2 Å². The summed E-state index contributed by atoms with van der Waals surface area (Å²) in [5, 5.41) is 1.71. The molecule has 0 saturated heterocycles. The van der Waals surface area contributed by atoms with Crippen LogP contribution in [0.2, 0.25) is 0 Å². The molecule has 0 aliphatic carbocycles. The molecule has 1 aliphatic rings. The van der Waals surface area contributed by atoms with Crippen molar-refractivity contribution >= 4 is 28.8 Å². The fourth-order valence-corrected chi connectivity index (χ4v) is 3.54. The minimum Gasteiger partial charge on any atom is -0.291 e. The van der Waals surface area contributed by atoms with E-state index >= 15 is 0 Å². The maximum absolute atomic E-state index is 12.8. The molecule has 0 bridgehead atoms. The van der Waals surface area contributed by atoms with Crippen LogP contribution >= 0.6 is 0 Å². The Labute approximate surface area is 163 Å². The van der Waals surface area contributed by atoms with Crippen LogP contribution in [0.1, 0.15) is 45.7 Å². The number of carbonyl (C=O) groups excluding carboxylic acids is 2. The Morgan fingerprint density at radius 1 is 0.857 bits per heavy atom.